The largest absolute Gasteiger partial charge is 0.381 e. The third kappa shape index (κ3) is 4.24. The molecule has 1 aromatic carbocycles. The summed E-state index contributed by atoms with van der Waals surface area (Å²) < 4.78 is 6.64. The molecule has 18 heavy (non-hydrogen) atoms. The zero-order valence-electron chi connectivity index (χ0n) is 10.3. The van der Waals surface area contributed by atoms with Gasteiger partial charge in [0, 0.05) is 27.8 Å². The van der Waals surface area contributed by atoms with E-state index in [1.54, 1.807) is 0 Å². The van der Waals surface area contributed by atoms with E-state index in [0.29, 0.717) is 12.0 Å². The number of thioether (sulfide) groups is 1. The van der Waals surface area contributed by atoms with Gasteiger partial charge in [-0.05, 0) is 37.0 Å². The van der Waals surface area contributed by atoms with E-state index in [0.717, 1.165) is 29.9 Å². The molecule has 1 heterocycles. The Bertz CT molecular complexity index is 372. The van der Waals surface area contributed by atoms with Gasteiger partial charge in [0.2, 0.25) is 0 Å². The second-order valence-electron chi connectivity index (χ2n) is 4.52. The summed E-state index contributed by atoms with van der Waals surface area (Å²) in [6.07, 6.45) is 2.35. The van der Waals surface area contributed by atoms with Gasteiger partial charge in [-0.2, -0.15) is 0 Å². The first-order valence-electron chi connectivity index (χ1n) is 6.22. The van der Waals surface area contributed by atoms with Gasteiger partial charge in [-0.3, -0.25) is 11.3 Å². The van der Waals surface area contributed by atoms with Gasteiger partial charge in [-0.1, -0.05) is 22.0 Å². The van der Waals surface area contributed by atoms with Crippen molar-refractivity contribution < 1.29 is 4.74 Å². The van der Waals surface area contributed by atoms with Crippen molar-refractivity contribution >= 4 is 27.7 Å². The van der Waals surface area contributed by atoms with Crippen molar-refractivity contribution in [2.24, 2.45) is 11.8 Å². The fourth-order valence-corrected chi connectivity index (χ4v) is 3.82. The Morgan fingerprint density at radius 3 is 3.11 bits per heavy atom. The minimum absolute atomic E-state index is 0.314. The Morgan fingerprint density at radius 2 is 2.44 bits per heavy atom. The highest BCUT2D eigenvalue weighted by molar-refractivity contribution is 9.10. The first kappa shape index (κ1) is 14.3. The number of hydrogen-bond acceptors (Lipinski definition) is 4. The number of ether oxygens (including phenoxy) is 1. The molecule has 0 spiro atoms. The minimum atomic E-state index is 0.314. The van der Waals surface area contributed by atoms with Gasteiger partial charge < -0.3 is 4.74 Å². The second-order valence-corrected chi connectivity index (χ2v) is 6.53. The summed E-state index contributed by atoms with van der Waals surface area (Å²) >= 11 is 5.32. The molecule has 3 N–H and O–H groups in total. The monoisotopic (exact) mass is 330 g/mol. The molecule has 100 valence electrons. The Kier molecular flexibility index (Phi) is 5.98. The van der Waals surface area contributed by atoms with Crippen LogP contribution < -0.4 is 11.3 Å². The number of hydrogen-bond donors (Lipinski definition) is 2. The van der Waals surface area contributed by atoms with Gasteiger partial charge in [0.05, 0.1) is 6.61 Å². The maximum atomic E-state index is 5.67. The van der Waals surface area contributed by atoms with Crippen molar-refractivity contribution in [1.29, 1.82) is 0 Å². The molecular formula is C13H19BrN2OS. The van der Waals surface area contributed by atoms with Crippen molar-refractivity contribution in [3.63, 3.8) is 0 Å². The molecule has 0 saturated carbocycles. The van der Waals surface area contributed by atoms with Crippen molar-refractivity contribution in [1.82, 2.24) is 5.43 Å². The van der Waals surface area contributed by atoms with Crippen LogP contribution in [0.4, 0.5) is 0 Å². The van der Waals surface area contributed by atoms with E-state index < -0.39 is 0 Å². The molecule has 2 unspecified atom stereocenters. The van der Waals surface area contributed by atoms with Crippen molar-refractivity contribution in [2.75, 3.05) is 19.0 Å². The molecule has 1 aliphatic rings. The van der Waals surface area contributed by atoms with Crippen molar-refractivity contribution in [3.8, 4) is 0 Å². The molecule has 5 heteroatoms. The topological polar surface area (TPSA) is 47.3 Å². The predicted octanol–water partition coefficient (Wildman–Crippen LogP) is 2.80. The maximum absolute atomic E-state index is 5.67. The molecule has 0 aliphatic carbocycles. The second kappa shape index (κ2) is 7.50. The standard InChI is InChI=1S/C13H19BrN2OS/c14-11-4-1-5-12(7-11)18-9-13(16-15)10-3-2-6-17-8-10/h1,4-5,7,10,13,16H,2-3,6,8-9,15H2. The van der Waals surface area contributed by atoms with Gasteiger partial charge in [-0.25, -0.2) is 0 Å². The lowest BCUT2D eigenvalue weighted by Crippen LogP contribution is -2.45. The predicted molar refractivity (Wildman–Crippen MR) is 79.5 cm³/mol. The van der Waals surface area contributed by atoms with E-state index >= 15 is 0 Å². The highest BCUT2D eigenvalue weighted by Crippen LogP contribution is 2.26. The summed E-state index contributed by atoms with van der Waals surface area (Å²) in [5.41, 5.74) is 2.94. The Balaban J connectivity index is 1.86. The van der Waals surface area contributed by atoms with Crippen LogP contribution in [0.3, 0.4) is 0 Å². The van der Waals surface area contributed by atoms with Crippen LogP contribution in [0.15, 0.2) is 33.6 Å². The molecule has 3 nitrogen and oxygen atoms in total. The lowest BCUT2D eigenvalue weighted by atomic mass is 9.95. The van der Waals surface area contributed by atoms with Crippen LogP contribution >= 0.6 is 27.7 Å². The smallest absolute Gasteiger partial charge is 0.0509 e. The quantitative estimate of drug-likeness (QED) is 0.495. The molecule has 1 aliphatic heterocycles. The van der Waals surface area contributed by atoms with Crippen LogP contribution in [-0.2, 0) is 4.74 Å². The van der Waals surface area contributed by atoms with Crippen LogP contribution in [0, 0.1) is 5.92 Å². The highest BCUT2D eigenvalue weighted by Gasteiger charge is 2.23. The molecule has 1 fully saturated rings. The maximum Gasteiger partial charge on any atom is 0.0509 e. The fourth-order valence-electron chi connectivity index (χ4n) is 2.15. The van der Waals surface area contributed by atoms with Gasteiger partial charge in [0.25, 0.3) is 0 Å². The van der Waals surface area contributed by atoms with E-state index in [-0.39, 0.29) is 0 Å². The minimum Gasteiger partial charge on any atom is -0.381 e. The Morgan fingerprint density at radius 1 is 1.56 bits per heavy atom. The number of rotatable bonds is 5. The molecule has 0 amide bonds. The zero-order chi connectivity index (χ0) is 12.8. The first-order chi connectivity index (χ1) is 8.79. The van der Waals surface area contributed by atoms with Gasteiger partial charge in [-0.15, -0.1) is 11.8 Å². The molecule has 0 aromatic heterocycles. The molecule has 0 bridgehead atoms. The van der Waals surface area contributed by atoms with E-state index in [1.165, 1.54) is 11.3 Å². The number of hydrazine groups is 1. The van der Waals surface area contributed by atoms with E-state index in [9.17, 15) is 0 Å². The highest BCUT2D eigenvalue weighted by atomic mass is 79.9. The summed E-state index contributed by atoms with van der Waals surface area (Å²) in [4.78, 5) is 1.27. The zero-order valence-corrected chi connectivity index (χ0v) is 12.7. The molecule has 2 rings (SSSR count). The lowest BCUT2D eigenvalue weighted by molar-refractivity contribution is 0.0427. The summed E-state index contributed by atoms with van der Waals surface area (Å²) in [6, 6.07) is 8.67. The Labute approximate surface area is 121 Å². The van der Waals surface area contributed by atoms with Crippen LogP contribution in [0.5, 0.6) is 0 Å². The third-order valence-corrected chi connectivity index (χ3v) is 4.81. The van der Waals surface area contributed by atoms with Crippen LogP contribution in [-0.4, -0.2) is 25.0 Å². The van der Waals surface area contributed by atoms with E-state index in [1.807, 2.05) is 17.8 Å². The third-order valence-electron chi connectivity index (χ3n) is 3.20. The SMILES string of the molecule is NNC(CSc1cccc(Br)c1)C1CCCOC1. The van der Waals surface area contributed by atoms with E-state index in [4.69, 9.17) is 10.6 Å². The summed E-state index contributed by atoms with van der Waals surface area (Å²) in [6.45, 7) is 1.72. The molecule has 1 saturated heterocycles. The van der Waals surface area contributed by atoms with E-state index in [2.05, 4.69) is 39.6 Å². The first-order valence-corrected chi connectivity index (χ1v) is 7.99. The van der Waals surface area contributed by atoms with Gasteiger partial charge in [0.1, 0.15) is 0 Å². The van der Waals surface area contributed by atoms with Crippen LogP contribution in [0.25, 0.3) is 0 Å². The molecule has 1 aromatic rings. The Hall–Kier alpha value is -0.0700. The summed E-state index contributed by atoms with van der Waals surface area (Å²) in [5.74, 6) is 7.17. The van der Waals surface area contributed by atoms with Gasteiger partial charge in [0.15, 0.2) is 0 Å². The van der Waals surface area contributed by atoms with Crippen LogP contribution in [0.1, 0.15) is 12.8 Å². The molecular weight excluding hydrogens is 312 g/mol. The lowest BCUT2D eigenvalue weighted by Gasteiger charge is -2.29. The van der Waals surface area contributed by atoms with Crippen molar-refractivity contribution in [2.45, 2.75) is 23.8 Å². The normalized spacial score (nSPS) is 21.8. The van der Waals surface area contributed by atoms with Crippen LogP contribution in [0.2, 0.25) is 0 Å². The number of halogens is 1. The summed E-state index contributed by atoms with van der Waals surface area (Å²) in [7, 11) is 0. The van der Waals surface area contributed by atoms with Gasteiger partial charge >= 0.3 is 0 Å². The van der Waals surface area contributed by atoms with Crippen molar-refractivity contribution in [3.05, 3.63) is 28.7 Å². The average Bonchev–Trinajstić information content (AvgIpc) is 2.41. The average molecular weight is 331 g/mol. The number of benzene rings is 1. The number of nitrogens with two attached hydrogens (primary N) is 1. The molecule has 2 atom stereocenters. The molecule has 0 radical (unpaired) electrons. The summed E-state index contributed by atoms with van der Waals surface area (Å²) in [5, 5.41) is 0. The number of nitrogens with one attached hydrogen (secondary N) is 1. The fraction of sp³-hybridized carbons (Fsp3) is 0.538.